The summed E-state index contributed by atoms with van der Waals surface area (Å²) in [6, 6.07) is 7.33. The SMILES string of the molecule is O=C(CCc1ccco1)Nc1nc2ccc(OC(F)(F)F)cc2s1. The Morgan fingerprint density at radius 1 is 1.33 bits per heavy atom. The summed E-state index contributed by atoms with van der Waals surface area (Å²) in [5, 5.41) is 2.94. The molecule has 0 atom stereocenters. The van der Waals surface area contributed by atoms with Crippen LogP contribution in [0.4, 0.5) is 18.3 Å². The average molecular weight is 356 g/mol. The van der Waals surface area contributed by atoms with Crippen molar-refractivity contribution in [3.8, 4) is 5.75 Å². The summed E-state index contributed by atoms with van der Waals surface area (Å²) in [4.78, 5) is 16.0. The van der Waals surface area contributed by atoms with Gasteiger partial charge in [-0.3, -0.25) is 4.79 Å². The van der Waals surface area contributed by atoms with Gasteiger partial charge in [0, 0.05) is 18.9 Å². The molecule has 0 aliphatic heterocycles. The number of halogens is 3. The van der Waals surface area contributed by atoms with Crippen LogP contribution in [0.5, 0.6) is 5.75 Å². The third kappa shape index (κ3) is 4.25. The molecular formula is C15H11F3N2O3S. The second-order valence-electron chi connectivity index (χ2n) is 4.82. The Morgan fingerprint density at radius 3 is 2.88 bits per heavy atom. The van der Waals surface area contributed by atoms with Crippen molar-refractivity contribution in [3.05, 3.63) is 42.4 Å². The molecule has 24 heavy (non-hydrogen) atoms. The number of furan rings is 1. The monoisotopic (exact) mass is 356 g/mol. The molecule has 0 saturated carbocycles. The lowest BCUT2D eigenvalue weighted by Crippen LogP contribution is -2.16. The van der Waals surface area contributed by atoms with Crippen molar-refractivity contribution in [3.63, 3.8) is 0 Å². The maximum absolute atomic E-state index is 12.2. The van der Waals surface area contributed by atoms with Gasteiger partial charge < -0.3 is 14.5 Å². The minimum absolute atomic E-state index is 0.214. The summed E-state index contributed by atoms with van der Waals surface area (Å²) in [5.41, 5.74) is 0.482. The van der Waals surface area contributed by atoms with Gasteiger partial charge in [0.2, 0.25) is 5.91 Å². The van der Waals surface area contributed by atoms with Crippen LogP contribution in [0.1, 0.15) is 12.2 Å². The quantitative estimate of drug-likeness (QED) is 0.738. The van der Waals surface area contributed by atoms with Crippen LogP contribution >= 0.6 is 11.3 Å². The second-order valence-corrected chi connectivity index (χ2v) is 5.85. The third-order valence-electron chi connectivity index (χ3n) is 3.02. The largest absolute Gasteiger partial charge is 0.573 e. The summed E-state index contributed by atoms with van der Waals surface area (Å²) in [6.07, 6.45) is -2.55. The van der Waals surface area contributed by atoms with Crippen LogP contribution in [0.2, 0.25) is 0 Å². The summed E-state index contributed by atoms with van der Waals surface area (Å²) in [7, 11) is 0. The number of carbonyl (C=O) groups excluding carboxylic acids is 1. The first-order valence-corrected chi connectivity index (χ1v) is 7.69. The van der Waals surface area contributed by atoms with E-state index >= 15 is 0 Å². The van der Waals surface area contributed by atoms with Crippen LogP contribution in [0.3, 0.4) is 0 Å². The summed E-state index contributed by atoms with van der Waals surface area (Å²) in [6.45, 7) is 0. The maximum atomic E-state index is 12.2. The highest BCUT2D eigenvalue weighted by atomic mass is 32.1. The molecule has 5 nitrogen and oxygen atoms in total. The molecule has 3 rings (SSSR count). The lowest BCUT2D eigenvalue weighted by atomic mass is 10.2. The number of rotatable bonds is 5. The molecule has 0 saturated heterocycles. The number of anilines is 1. The van der Waals surface area contributed by atoms with E-state index in [2.05, 4.69) is 15.0 Å². The van der Waals surface area contributed by atoms with Crippen molar-refractivity contribution in [2.75, 3.05) is 5.32 Å². The predicted molar refractivity (Wildman–Crippen MR) is 82.0 cm³/mol. The van der Waals surface area contributed by atoms with Crippen LogP contribution < -0.4 is 10.1 Å². The first-order chi connectivity index (χ1) is 11.4. The summed E-state index contributed by atoms with van der Waals surface area (Å²) >= 11 is 1.08. The number of fused-ring (bicyclic) bond motifs is 1. The van der Waals surface area contributed by atoms with Gasteiger partial charge in [0.05, 0.1) is 16.5 Å². The third-order valence-corrected chi connectivity index (χ3v) is 3.95. The summed E-state index contributed by atoms with van der Waals surface area (Å²) < 4.78 is 46.1. The molecule has 0 aliphatic rings. The average Bonchev–Trinajstić information content (AvgIpc) is 3.11. The van der Waals surface area contributed by atoms with Gasteiger partial charge in [-0.25, -0.2) is 4.98 Å². The van der Waals surface area contributed by atoms with Crippen LogP contribution in [-0.4, -0.2) is 17.3 Å². The van der Waals surface area contributed by atoms with Crippen molar-refractivity contribution in [1.29, 1.82) is 0 Å². The molecular weight excluding hydrogens is 345 g/mol. The number of aromatic nitrogens is 1. The van der Waals surface area contributed by atoms with Crippen molar-refractivity contribution < 1.29 is 27.1 Å². The Morgan fingerprint density at radius 2 is 2.17 bits per heavy atom. The van der Waals surface area contributed by atoms with E-state index in [1.807, 2.05) is 0 Å². The molecule has 2 heterocycles. The van der Waals surface area contributed by atoms with E-state index in [9.17, 15) is 18.0 Å². The van der Waals surface area contributed by atoms with Crippen LogP contribution in [0, 0.1) is 0 Å². The van der Waals surface area contributed by atoms with Gasteiger partial charge in [0.1, 0.15) is 11.5 Å². The zero-order valence-corrected chi connectivity index (χ0v) is 12.9. The number of carbonyl (C=O) groups is 1. The molecule has 0 radical (unpaired) electrons. The topological polar surface area (TPSA) is 64.4 Å². The Hall–Kier alpha value is -2.55. The van der Waals surface area contributed by atoms with E-state index in [-0.39, 0.29) is 18.1 Å². The molecule has 2 aromatic heterocycles. The molecule has 1 amide bonds. The van der Waals surface area contributed by atoms with Gasteiger partial charge >= 0.3 is 6.36 Å². The van der Waals surface area contributed by atoms with E-state index in [1.165, 1.54) is 24.5 Å². The number of alkyl halides is 3. The van der Waals surface area contributed by atoms with E-state index in [1.54, 1.807) is 12.1 Å². The zero-order valence-electron chi connectivity index (χ0n) is 12.1. The van der Waals surface area contributed by atoms with E-state index in [0.717, 1.165) is 11.3 Å². The zero-order chi connectivity index (χ0) is 17.2. The van der Waals surface area contributed by atoms with Gasteiger partial charge in [-0.2, -0.15) is 0 Å². The fourth-order valence-corrected chi connectivity index (χ4v) is 2.94. The minimum atomic E-state index is -4.75. The highest BCUT2D eigenvalue weighted by molar-refractivity contribution is 7.22. The van der Waals surface area contributed by atoms with Gasteiger partial charge in [-0.05, 0) is 24.3 Å². The number of nitrogens with zero attached hydrogens (tertiary/aromatic N) is 1. The maximum Gasteiger partial charge on any atom is 0.573 e. The molecule has 0 fully saturated rings. The predicted octanol–water partition coefficient (Wildman–Crippen LogP) is 4.36. The Kier molecular flexibility index (Phi) is 4.43. The first kappa shape index (κ1) is 16.3. The molecule has 0 bridgehead atoms. The highest BCUT2D eigenvalue weighted by Crippen LogP contribution is 2.31. The minimum Gasteiger partial charge on any atom is -0.469 e. The van der Waals surface area contributed by atoms with Crippen molar-refractivity contribution in [1.82, 2.24) is 4.98 Å². The number of benzene rings is 1. The highest BCUT2D eigenvalue weighted by Gasteiger charge is 2.31. The number of hydrogen-bond acceptors (Lipinski definition) is 5. The smallest absolute Gasteiger partial charge is 0.469 e. The van der Waals surface area contributed by atoms with E-state index in [0.29, 0.717) is 27.5 Å². The number of ether oxygens (including phenoxy) is 1. The molecule has 0 spiro atoms. The number of amides is 1. The van der Waals surface area contributed by atoms with Gasteiger partial charge in [-0.15, -0.1) is 13.2 Å². The molecule has 126 valence electrons. The lowest BCUT2D eigenvalue weighted by molar-refractivity contribution is -0.274. The molecule has 0 aliphatic carbocycles. The Balaban J connectivity index is 1.65. The van der Waals surface area contributed by atoms with Crippen LogP contribution in [-0.2, 0) is 11.2 Å². The number of aryl methyl sites for hydroxylation is 1. The standard InChI is InChI=1S/C15H11F3N2O3S/c16-15(17,18)23-10-3-5-11-12(8-10)24-14(19-11)20-13(21)6-4-9-2-1-7-22-9/h1-3,5,7-8H,4,6H2,(H,19,20,21). The van der Waals surface area contributed by atoms with E-state index in [4.69, 9.17) is 4.42 Å². The number of hydrogen-bond donors (Lipinski definition) is 1. The number of nitrogens with one attached hydrogen (secondary N) is 1. The molecule has 1 N–H and O–H groups in total. The summed E-state index contributed by atoms with van der Waals surface area (Å²) in [5.74, 6) is 0.120. The van der Waals surface area contributed by atoms with Gasteiger partial charge in [0.25, 0.3) is 0 Å². The van der Waals surface area contributed by atoms with Crippen LogP contribution in [0.15, 0.2) is 41.0 Å². The van der Waals surface area contributed by atoms with E-state index < -0.39 is 6.36 Å². The molecule has 1 aromatic carbocycles. The molecule has 3 aromatic rings. The fraction of sp³-hybridized carbons (Fsp3) is 0.200. The second kappa shape index (κ2) is 6.52. The molecule has 0 unspecified atom stereocenters. The van der Waals surface area contributed by atoms with Gasteiger partial charge in [-0.1, -0.05) is 11.3 Å². The first-order valence-electron chi connectivity index (χ1n) is 6.88. The molecule has 9 heteroatoms. The fourth-order valence-electron chi connectivity index (χ4n) is 2.03. The Bertz CT molecular complexity index is 843. The van der Waals surface area contributed by atoms with Crippen molar-refractivity contribution in [2.24, 2.45) is 0 Å². The normalized spacial score (nSPS) is 11.6. The van der Waals surface area contributed by atoms with Crippen molar-refractivity contribution >= 4 is 32.6 Å². The number of thiazole rings is 1. The van der Waals surface area contributed by atoms with Crippen LogP contribution in [0.25, 0.3) is 10.2 Å². The lowest BCUT2D eigenvalue weighted by Gasteiger charge is -2.07. The van der Waals surface area contributed by atoms with Crippen molar-refractivity contribution in [2.45, 2.75) is 19.2 Å². The Labute approximate surface area is 138 Å². The van der Waals surface area contributed by atoms with Gasteiger partial charge in [0.15, 0.2) is 5.13 Å².